The normalized spacial score (nSPS) is 24.3. The van der Waals surface area contributed by atoms with Crippen LogP contribution in [-0.2, 0) is 0 Å². The maximum atomic E-state index is 3.53. The summed E-state index contributed by atoms with van der Waals surface area (Å²) in [5, 5.41) is 3.53. The predicted molar refractivity (Wildman–Crippen MR) is 78.3 cm³/mol. The lowest BCUT2D eigenvalue weighted by Crippen LogP contribution is -2.20. The topological polar surface area (TPSA) is 12.0 Å². The molecule has 0 fully saturated rings. The smallest absolute Gasteiger partial charge is 0.0341 e. The Kier molecular flexibility index (Phi) is 4.27. The highest BCUT2D eigenvalue weighted by Gasteiger charge is 2.17. The molecule has 2 heteroatoms. The largest absolute Gasteiger partial charge is 0.385 e. The molecule has 1 N–H and O–H groups in total. The molecule has 0 amide bonds. The standard InChI is InChI=1S/C15H20BrN/c1-11-7-12(2)9-13(8-11)10-17-15-5-3-14(16)4-6-15/h3-7,11,13,17H,8-10H2,1-2H3. The number of hydrogen-bond acceptors (Lipinski definition) is 1. The third kappa shape index (κ3) is 3.88. The lowest BCUT2D eigenvalue weighted by Gasteiger charge is -2.26. The second kappa shape index (κ2) is 5.72. The number of benzene rings is 1. The van der Waals surface area contributed by atoms with E-state index in [1.54, 1.807) is 5.57 Å². The summed E-state index contributed by atoms with van der Waals surface area (Å²) >= 11 is 3.45. The Hall–Kier alpha value is -0.760. The van der Waals surface area contributed by atoms with Gasteiger partial charge in [0, 0.05) is 16.7 Å². The van der Waals surface area contributed by atoms with Crippen LogP contribution in [0.5, 0.6) is 0 Å². The number of halogens is 1. The molecule has 1 nitrogen and oxygen atoms in total. The fourth-order valence-electron chi connectivity index (χ4n) is 2.67. The summed E-state index contributed by atoms with van der Waals surface area (Å²) in [4.78, 5) is 0. The minimum absolute atomic E-state index is 0.737. The third-order valence-electron chi connectivity index (χ3n) is 3.32. The zero-order valence-corrected chi connectivity index (χ0v) is 12.1. The van der Waals surface area contributed by atoms with Crippen molar-refractivity contribution in [1.29, 1.82) is 0 Å². The van der Waals surface area contributed by atoms with Gasteiger partial charge in [-0.3, -0.25) is 0 Å². The van der Waals surface area contributed by atoms with Gasteiger partial charge in [-0.05, 0) is 55.9 Å². The van der Waals surface area contributed by atoms with E-state index < -0.39 is 0 Å². The summed E-state index contributed by atoms with van der Waals surface area (Å²) < 4.78 is 1.13. The molecule has 0 saturated carbocycles. The first-order valence-electron chi connectivity index (χ1n) is 6.30. The van der Waals surface area contributed by atoms with Crippen molar-refractivity contribution in [2.45, 2.75) is 26.7 Å². The SMILES string of the molecule is CC1=CC(C)CC(CNc2ccc(Br)cc2)C1. The molecule has 2 unspecified atom stereocenters. The molecule has 17 heavy (non-hydrogen) atoms. The van der Waals surface area contributed by atoms with E-state index in [-0.39, 0.29) is 0 Å². The molecule has 0 heterocycles. The summed E-state index contributed by atoms with van der Waals surface area (Å²) in [5.74, 6) is 1.51. The molecule has 2 rings (SSSR count). The summed E-state index contributed by atoms with van der Waals surface area (Å²) in [6.07, 6.45) is 4.96. The number of allylic oxidation sites excluding steroid dienone is 2. The maximum Gasteiger partial charge on any atom is 0.0341 e. The van der Waals surface area contributed by atoms with Crippen LogP contribution in [0.1, 0.15) is 26.7 Å². The van der Waals surface area contributed by atoms with Crippen molar-refractivity contribution in [1.82, 2.24) is 0 Å². The highest BCUT2D eigenvalue weighted by atomic mass is 79.9. The molecule has 0 aromatic heterocycles. The Labute approximate surface area is 112 Å². The van der Waals surface area contributed by atoms with Gasteiger partial charge in [-0.15, -0.1) is 0 Å². The minimum Gasteiger partial charge on any atom is -0.385 e. The monoisotopic (exact) mass is 293 g/mol. The number of anilines is 1. The van der Waals surface area contributed by atoms with Gasteiger partial charge in [0.2, 0.25) is 0 Å². The van der Waals surface area contributed by atoms with Gasteiger partial charge in [0.05, 0.1) is 0 Å². The Bertz CT molecular complexity index is 394. The van der Waals surface area contributed by atoms with Crippen LogP contribution >= 0.6 is 15.9 Å². The second-order valence-electron chi connectivity index (χ2n) is 5.18. The van der Waals surface area contributed by atoms with Gasteiger partial charge in [-0.25, -0.2) is 0 Å². The Morgan fingerprint density at radius 2 is 2.00 bits per heavy atom. The van der Waals surface area contributed by atoms with E-state index >= 15 is 0 Å². The van der Waals surface area contributed by atoms with Crippen LogP contribution in [0.15, 0.2) is 40.4 Å². The molecule has 1 aliphatic carbocycles. The van der Waals surface area contributed by atoms with Crippen molar-refractivity contribution in [3.05, 3.63) is 40.4 Å². The van der Waals surface area contributed by atoms with E-state index in [4.69, 9.17) is 0 Å². The van der Waals surface area contributed by atoms with Crippen molar-refractivity contribution in [2.75, 3.05) is 11.9 Å². The minimum atomic E-state index is 0.737. The van der Waals surface area contributed by atoms with Gasteiger partial charge in [0.15, 0.2) is 0 Å². The van der Waals surface area contributed by atoms with Gasteiger partial charge >= 0.3 is 0 Å². The van der Waals surface area contributed by atoms with Crippen LogP contribution < -0.4 is 5.32 Å². The summed E-state index contributed by atoms with van der Waals surface area (Å²) in [6, 6.07) is 8.41. The van der Waals surface area contributed by atoms with Crippen LogP contribution in [0, 0.1) is 11.8 Å². The van der Waals surface area contributed by atoms with E-state index in [2.05, 4.69) is 65.4 Å². The van der Waals surface area contributed by atoms with Crippen molar-refractivity contribution >= 4 is 21.6 Å². The predicted octanol–water partition coefficient (Wildman–Crippen LogP) is 4.85. The van der Waals surface area contributed by atoms with E-state index in [0.29, 0.717) is 0 Å². The van der Waals surface area contributed by atoms with Crippen molar-refractivity contribution in [2.24, 2.45) is 11.8 Å². The van der Waals surface area contributed by atoms with Crippen LogP contribution in [0.4, 0.5) is 5.69 Å². The molecule has 0 bridgehead atoms. The van der Waals surface area contributed by atoms with Gasteiger partial charge in [-0.1, -0.05) is 34.5 Å². The Morgan fingerprint density at radius 3 is 2.65 bits per heavy atom. The van der Waals surface area contributed by atoms with E-state index in [1.165, 1.54) is 18.5 Å². The third-order valence-corrected chi connectivity index (χ3v) is 3.85. The van der Waals surface area contributed by atoms with Crippen molar-refractivity contribution in [3.8, 4) is 0 Å². The average Bonchev–Trinajstić information content (AvgIpc) is 2.27. The van der Waals surface area contributed by atoms with Crippen LogP contribution in [0.25, 0.3) is 0 Å². The Balaban J connectivity index is 1.86. The maximum absolute atomic E-state index is 3.53. The van der Waals surface area contributed by atoms with Gasteiger partial charge in [-0.2, -0.15) is 0 Å². The van der Waals surface area contributed by atoms with Crippen LogP contribution in [-0.4, -0.2) is 6.54 Å². The van der Waals surface area contributed by atoms with Crippen molar-refractivity contribution in [3.63, 3.8) is 0 Å². The molecule has 0 aliphatic heterocycles. The fraction of sp³-hybridized carbons (Fsp3) is 0.467. The quantitative estimate of drug-likeness (QED) is 0.785. The summed E-state index contributed by atoms with van der Waals surface area (Å²) in [6.45, 7) is 5.65. The van der Waals surface area contributed by atoms with E-state index in [1.807, 2.05) is 0 Å². The van der Waals surface area contributed by atoms with Gasteiger partial charge in [0.25, 0.3) is 0 Å². The van der Waals surface area contributed by atoms with Gasteiger partial charge < -0.3 is 5.32 Å². The highest BCUT2D eigenvalue weighted by molar-refractivity contribution is 9.10. The lowest BCUT2D eigenvalue weighted by atomic mass is 9.84. The fourth-order valence-corrected chi connectivity index (χ4v) is 2.94. The molecule has 1 aromatic carbocycles. The molecular formula is C15H20BrN. The number of rotatable bonds is 3. The first kappa shape index (κ1) is 12.7. The molecule has 0 saturated heterocycles. The van der Waals surface area contributed by atoms with E-state index in [0.717, 1.165) is 22.9 Å². The van der Waals surface area contributed by atoms with Gasteiger partial charge in [0.1, 0.15) is 0 Å². The second-order valence-corrected chi connectivity index (χ2v) is 6.10. The molecule has 0 spiro atoms. The van der Waals surface area contributed by atoms with Crippen LogP contribution in [0.3, 0.4) is 0 Å². The van der Waals surface area contributed by atoms with Crippen LogP contribution in [0.2, 0.25) is 0 Å². The van der Waals surface area contributed by atoms with E-state index in [9.17, 15) is 0 Å². The Morgan fingerprint density at radius 1 is 1.29 bits per heavy atom. The molecule has 0 radical (unpaired) electrons. The molecule has 2 atom stereocenters. The summed E-state index contributed by atoms with van der Waals surface area (Å²) in [7, 11) is 0. The molecule has 1 aliphatic rings. The number of nitrogens with one attached hydrogen (secondary N) is 1. The zero-order chi connectivity index (χ0) is 12.3. The molecular weight excluding hydrogens is 274 g/mol. The average molecular weight is 294 g/mol. The molecule has 92 valence electrons. The molecule has 1 aromatic rings. The highest BCUT2D eigenvalue weighted by Crippen LogP contribution is 2.28. The van der Waals surface area contributed by atoms with Crippen molar-refractivity contribution < 1.29 is 0 Å². The number of hydrogen-bond donors (Lipinski definition) is 1. The first-order valence-corrected chi connectivity index (χ1v) is 7.09. The summed E-state index contributed by atoms with van der Waals surface area (Å²) in [5.41, 5.74) is 2.76. The first-order chi connectivity index (χ1) is 8.13. The lowest BCUT2D eigenvalue weighted by molar-refractivity contribution is 0.421. The zero-order valence-electron chi connectivity index (χ0n) is 10.5.